The highest BCUT2D eigenvalue weighted by Crippen LogP contribution is 2.37. The molecule has 0 amide bonds. The molecule has 0 aliphatic carbocycles. The van der Waals surface area contributed by atoms with Crippen LogP contribution in [0.4, 0.5) is 0 Å². The average molecular weight is 360 g/mol. The minimum absolute atomic E-state index is 0.103. The molecule has 0 radical (unpaired) electrons. The first-order chi connectivity index (χ1) is 11.9. The molecule has 0 saturated carbocycles. The Morgan fingerprint density at radius 1 is 0.960 bits per heavy atom. The molecule has 4 nitrogen and oxygen atoms in total. The zero-order valence-corrected chi connectivity index (χ0v) is 15.7. The Morgan fingerprint density at radius 2 is 1.64 bits per heavy atom. The Balaban J connectivity index is 1.65. The molecular weight excluding hydrogens is 336 g/mol. The van der Waals surface area contributed by atoms with Crippen LogP contribution in [0.15, 0.2) is 36.4 Å². The summed E-state index contributed by atoms with van der Waals surface area (Å²) in [4.78, 5) is 0. The van der Waals surface area contributed by atoms with Crippen molar-refractivity contribution in [3.8, 4) is 11.5 Å². The number of hydrogen-bond acceptors (Lipinski definition) is 4. The van der Waals surface area contributed by atoms with E-state index in [1.165, 1.54) is 11.1 Å². The Morgan fingerprint density at radius 3 is 2.32 bits per heavy atom. The van der Waals surface area contributed by atoms with Crippen molar-refractivity contribution in [1.82, 2.24) is 0 Å². The molecule has 0 saturated heterocycles. The number of benzene rings is 2. The summed E-state index contributed by atoms with van der Waals surface area (Å²) in [7, 11) is -3.06. The maximum absolute atomic E-state index is 12.0. The van der Waals surface area contributed by atoms with Crippen LogP contribution in [0.25, 0.3) is 0 Å². The van der Waals surface area contributed by atoms with Gasteiger partial charge < -0.3 is 9.47 Å². The first kappa shape index (κ1) is 17.8. The summed E-state index contributed by atoms with van der Waals surface area (Å²) in [6.07, 6.45) is 1.81. The van der Waals surface area contributed by atoms with Gasteiger partial charge in [0.15, 0.2) is 21.3 Å². The molecule has 1 aliphatic rings. The van der Waals surface area contributed by atoms with Gasteiger partial charge in [0.05, 0.1) is 11.0 Å². The van der Waals surface area contributed by atoms with Crippen LogP contribution in [-0.2, 0) is 28.4 Å². The zero-order valence-electron chi connectivity index (χ0n) is 14.9. The molecule has 0 bridgehead atoms. The molecule has 0 spiro atoms. The van der Waals surface area contributed by atoms with Gasteiger partial charge in [-0.05, 0) is 61.9 Å². The SMILES string of the molecule is Cc1c(CCc2ccc(CS(=O)(=O)C(C)C)cc2)ccc2c1OCO2. The van der Waals surface area contributed by atoms with Crippen LogP contribution in [-0.4, -0.2) is 20.5 Å². The third kappa shape index (κ3) is 3.98. The van der Waals surface area contributed by atoms with E-state index in [2.05, 4.69) is 13.0 Å². The topological polar surface area (TPSA) is 52.6 Å². The molecule has 134 valence electrons. The highest BCUT2D eigenvalue weighted by molar-refractivity contribution is 7.91. The molecular formula is C20H24O4S. The fourth-order valence-electron chi connectivity index (χ4n) is 2.90. The fraction of sp³-hybridized carbons (Fsp3) is 0.400. The van der Waals surface area contributed by atoms with Gasteiger partial charge in [0, 0.05) is 0 Å². The van der Waals surface area contributed by atoms with Gasteiger partial charge in [0.2, 0.25) is 6.79 Å². The van der Waals surface area contributed by atoms with Crippen LogP contribution in [0.3, 0.4) is 0 Å². The van der Waals surface area contributed by atoms with Crippen molar-refractivity contribution < 1.29 is 17.9 Å². The Kier molecular flexibility index (Phi) is 5.04. The molecule has 0 atom stereocenters. The highest BCUT2D eigenvalue weighted by Gasteiger charge is 2.18. The normalized spacial score (nSPS) is 13.4. The fourth-order valence-corrected chi connectivity index (χ4v) is 3.89. The average Bonchev–Trinajstić information content (AvgIpc) is 3.05. The Bertz CT molecular complexity index is 852. The van der Waals surface area contributed by atoms with Crippen LogP contribution < -0.4 is 9.47 Å². The minimum atomic E-state index is -3.06. The smallest absolute Gasteiger partial charge is 0.231 e. The van der Waals surface area contributed by atoms with Crippen molar-refractivity contribution in [1.29, 1.82) is 0 Å². The number of rotatable bonds is 6. The lowest BCUT2D eigenvalue weighted by atomic mass is 9.99. The van der Waals surface area contributed by atoms with Crippen LogP contribution in [0.1, 0.15) is 36.1 Å². The van der Waals surface area contributed by atoms with E-state index in [-0.39, 0.29) is 11.0 Å². The molecule has 0 fully saturated rings. The Labute approximate surface area is 149 Å². The predicted molar refractivity (Wildman–Crippen MR) is 98.9 cm³/mol. The second-order valence-corrected chi connectivity index (χ2v) is 9.31. The summed E-state index contributed by atoms with van der Waals surface area (Å²) in [5, 5.41) is -0.346. The number of sulfone groups is 1. The Hall–Kier alpha value is -2.01. The van der Waals surface area contributed by atoms with E-state index in [0.717, 1.165) is 35.5 Å². The van der Waals surface area contributed by atoms with Crippen molar-refractivity contribution in [2.45, 2.75) is 44.6 Å². The van der Waals surface area contributed by atoms with E-state index in [4.69, 9.17) is 9.47 Å². The molecule has 25 heavy (non-hydrogen) atoms. The third-order valence-electron chi connectivity index (χ3n) is 4.69. The standard InChI is InChI=1S/C20H24O4S/c1-14(2)25(21,22)12-17-6-4-16(5-7-17)8-9-18-10-11-19-20(15(18)3)24-13-23-19/h4-7,10-11,14H,8-9,12-13H2,1-3H3. The van der Waals surface area contributed by atoms with E-state index >= 15 is 0 Å². The highest BCUT2D eigenvalue weighted by atomic mass is 32.2. The summed E-state index contributed by atoms with van der Waals surface area (Å²) in [6, 6.07) is 11.9. The number of hydrogen-bond donors (Lipinski definition) is 0. The monoisotopic (exact) mass is 360 g/mol. The third-order valence-corrected chi connectivity index (χ3v) is 6.86. The molecule has 1 heterocycles. The molecule has 3 rings (SSSR count). The van der Waals surface area contributed by atoms with Gasteiger partial charge in [0.1, 0.15) is 0 Å². The molecule has 1 aliphatic heterocycles. The first-order valence-electron chi connectivity index (χ1n) is 8.54. The summed E-state index contributed by atoms with van der Waals surface area (Å²) < 4.78 is 34.9. The summed E-state index contributed by atoms with van der Waals surface area (Å²) in [5.74, 6) is 1.77. The molecule has 2 aromatic rings. The van der Waals surface area contributed by atoms with Crippen LogP contribution in [0.2, 0.25) is 0 Å². The molecule has 0 aromatic heterocycles. The maximum atomic E-state index is 12.0. The van der Waals surface area contributed by atoms with Crippen molar-refractivity contribution in [3.63, 3.8) is 0 Å². The van der Waals surface area contributed by atoms with Gasteiger partial charge in [0.25, 0.3) is 0 Å². The van der Waals surface area contributed by atoms with Crippen molar-refractivity contribution in [2.75, 3.05) is 6.79 Å². The zero-order chi connectivity index (χ0) is 18.0. The van der Waals surface area contributed by atoms with Gasteiger partial charge >= 0.3 is 0 Å². The minimum Gasteiger partial charge on any atom is -0.454 e. The van der Waals surface area contributed by atoms with Crippen LogP contribution in [0, 0.1) is 6.92 Å². The second kappa shape index (κ2) is 7.08. The lowest BCUT2D eigenvalue weighted by Crippen LogP contribution is -2.15. The summed E-state index contributed by atoms with van der Waals surface area (Å²) in [6.45, 7) is 5.79. The molecule has 0 unspecified atom stereocenters. The van der Waals surface area contributed by atoms with Crippen LogP contribution in [0.5, 0.6) is 11.5 Å². The number of fused-ring (bicyclic) bond motifs is 1. The van der Waals surface area contributed by atoms with E-state index in [1.807, 2.05) is 30.3 Å². The lowest BCUT2D eigenvalue weighted by molar-refractivity contribution is 0.173. The summed E-state index contributed by atoms with van der Waals surface area (Å²) >= 11 is 0. The first-order valence-corrected chi connectivity index (χ1v) is 10.3. The predicted octanol–water partition coefficient (Wildman–Crippen LogP) is 3.83. The molecule has 0 N–H and O–H groups in total. The van der Waals surface area contributed by atoms with Crippen molar-refractivity contribution >= 4 is 9.84 Å². The molecule has 2 aromatic carbocycles. The van der Waals surface area contributed by atoms with E-state index in [9.17, 15) is 8.42 Å². The lowest BCUT2D eigenvalue weighted by Gasteiger charge is -2.10. The second-order valence-electron chi connectivity index (χ2n) is 6.76. The maximum Gasteiger partial charge on any atom is 0.231 e. The molecule has 5 heteroatoms. The quantitative estimate of drug-likeness (QED) is 0.785. The van der Waals surface area contributed by atoms with Gasteiger partial charge in [-0.3, -0.25) is 0 Å². The van der Waals surface area contributed by atoms with Crippen molar-refractivity contribution in [3.05, 3.63) is 58.7 Å². The van der Waals surface area contributed by atoms with Gasteiger partial charge in [-0.1, -0.05) is 30.3 Å². The number of ether oxygens (including phenoxy) is 2. The number of aryl methyl sites for hydroxylation is 2. The summed E-state index contributed by atoms with van der Waals surface area (Å²) in [5.41, 5.74) is 4.42. The van der Waals surface area contributed by atoms with Crippen LogP contribution >= 0.6 is 0 Å². The van der Waals surface area contributed by atoms with E-state index in [0.29, 0.717) is 6.79 Å². The largest absolute Gasteiger partial charge is 0.454 e. The van der Waals surface area contributed by atoms with E-state index < -0.39 is 9.84 Å². The van der Waals surface area contributed by atoms with Gasteiger partial charge in [-0.2, -0.15) is 0 Å². The van der Waals surface area contributed by atoms with Gasteiger partial charge in [-0.25, -0.2) is 8.42 Å². The van der Waals surface area contributed by atoms with Gasteiger partial charge in [-0.15, -0.1) is 0 Å². The van der Waals surface area contributed by atoms with Crippen molar-refractivity contribution in [2.24, 2.45) is 0 Å². The van der Waals surface area contributed by atoms with E-state index in [1.54, 1.807) is 13.8 Å².